The number of rotatable bonds is 6. The maximum absolute atomic E-state index is 5.17. The minimum Gasteiger partial charge on any atom is -0.313 e. The zero-order valence-corrected chi connectivity index (χ0v) is 8.21. The smallest absolute Gasteiger partial charge is 0.0238 e. The van der Waals surface area contributed by atoms with Gasteiger partial charge in [0.25, 0.3) is 0 Å². The second-order valence-corrected chi connectivity index (χ2v) is 3.60. The Morgan fingerprint density at radius 2 is 2.36 bits per heavy atom. The fraction of sp³-hybridized carbons (Fsp3) is 0.778. The van der Waals surface area contributed by atoms with E-state index in [1.165, 1.54) is 12.2 Å². The molecule has 0 saturated carbocycles. The minimum absolute atomic E-state index is 0.474. The van der Waals surface area contributed by atoms with Gasteiger partial charge in [-0.05, 0) is 31.9 Å². The Morgan fingerprint density at radius 3 is 2.91 bits per heavy atom. The maximum Gasteiger partial charge on any atom is 0.0238 e. The molecule has 1 unspecified atom stereocenters. The van der Waals surface area contributed by atoms with Crippen molar-refractivity contribution in [3.8, 4) is 12.3 Å². The van der Waals surface area contributed by atoms with Crippen LogP contribution >= 0.6 is 11.8 Å². The SMILES string of the molecule is C#CCC(C)NCCCSC. The van der Waals surface area contributed by atoms with Gasteiger partial charge in [-0.25, -0.2) is 0 Å². The molecule has 0 aliphatic rings. The van der Waals surface area contributed by atoms with E-state index < -0.39 is 0 Å². The number of terminal acetylenes is 1. The van der Waals surface area contributed by atoms with E-state index >= 15 is 0 Å². The number of thioether (sulfide) groups is 1. The van der Waals surface area contributed by atoms with Crippen LogP contribution in [0.1, 0.15) is 19.8 Å². The van der Waals surface area contributed by atoms with Gasteiger partial charge < -0.3 is 5.32 Å². The van der Waals surface area contributed by atoms with Crippen LogP contribution in [0.2, 0.25) is 0 Å². The van der Waals surface area contributed by atoms with E-state index in [-0.39, 0.29) is 0 Å². The highest BCUT2D eigenvalue weighted by molar-refractivity contribution is 7.98. The summed E-state index contributed by atoms with van der Waals surface area (Å²) in [5, 5.41) is 3.36. The molecule has 11 heavy (non-hydrogen) atoms. The molecule has 64 valence electrons. The number of nitrogens with one attached hydrogen (secondary N) is 1. The standard InChI is InChI=1S/C9H17NS/c1-4-6-9(2)10-7-5-8-11-3/h1,9-10H,5-8H2,2-3H3. The summed E-state index contributed by atoms with van der Waals surface area (Å²) in [6.45, 7) is 3.21. The van der Waals surface area contributed by atoms with Gasteiger partial charge in [-0.15, -0.1) is 12.3 Å². The van der Waals surface area contributed by atoms with E-state index in [0.717, 1.165) is 13.0 Å². The lowest BCUT2D eigenvalue weighted by atomic mass is 10.2. The van der Waals surface area contributed by atoms with E-state index in [1.54, 1.807) is 0 Å². The zero-order valence-electron chi connectivity index (χ0n) is 7.39. The highest BCUT2D eigenvalue weighted by Crippen LogP contribution is 1.94. The second-order valence-electron chi connectivity index (χ2n) is 2.61. The van der Waals surface area contributed by atoms with E-state index in [4.69, 9.17) is 6.42 Å². The highest BCUT2D eigenvalue weighted by atomic mass is 32.2. The van der Waals surface area contributed by atoms with Gasteiger partial charge in [0, 0.05) is 12.5 Å². The molecule has 0 radical (unpaired) electrons. The van der Waals surface area contributed by atoms with Gasteiger partial charge in [0.05, 0.1) is 0 Å². The summed E-state index contributed by atoms with van der Waals surface area (Å²) in [5.41, 5.74) is 0. The molecule has 1 N–H and O–H groups in total. The first-order valence-electron chi connectivity index (χ1n) is 3.97. The van der Waals surface area contributed by atoms with Crippen molar-refractivity contribution in [1.82, 2.24) is 5.32 Å². The summed E-state index contributed by atoms with van der Waals surface area (Å²) in [6, 6.07) is 0.474. The minimum atomic E-state index is 0.474. The molecule has 0 aliphatic heterocycles. The Hall–Kier alpha value is -0.130. The lowest BCUT2D eigenvalue weighted by Gasteiger charge is -2.09. The van der Waals surface area contributed by atoms with Crippen molar-refractivity contribution in [2.45, 2.75) is 25.8 Å². The molecule has 0 bridgehead atoms. The van der Waals surface area contributed by atoms with Gasteiger partial charge >= 0.3 is 0 Å². The van der Waals surface area contributed by atoms with Crippen LogP contribution in [0.25, 0.3) is 0 Å². The van der Waals surface area contributed by atoms with Gasteiger partial charge in [0.15, 0.2) is 0 Å². The van der Waals surface area contributed by atoms with Crippen LogP contribution in [0.4, 0.5) is 0 Å². The fourth-order valence-electron chi connectivity index (χ4n) is 0.814. The molecule has 0 aliphatic carbocycles. The third kappa shape index (κ3) is 7.77. The Morgan fingerprint density at radius 1 is 1.64 bits per heavy atom. The first kappa shape index (κ1) is 10.9. The molecular weight excluding hydrogens is 154 g/mol. The van der Waals surface area contributed by atoms with Crippen molar-refractivity contribution in [3.05, 3.63) is 0 Å². The normalized spacial score (nSPS) is 12.5. The van der Waals surface area contributed by atoms with E-state index in [1.807, 2.05) is 11.8 Å². The van der Waals surface area contributed by atoms with Crippen molar-refractivity contribution in [2.75, 3.05) is 18.6 Å². The summed E-state index contributed by atoms with van der Waals surface area (Å²) in [5.74, 6) is 3.87. The van der Waals surface area contributed by atoms with Crippen molar-refractivity contribution >= 4 is 11.8 Å². The molecule has 0 fully saturated rings. The van der Waals surface area contributed by atoms with Crippen molar-refractivity contribution in [2.24, 2.45) is 0 Å². The first-order valence-corrected chi connectivity index (χ1v) is 5.36. The summed E-state index contributed by atoms with van der Waals surface area (Å²) in [7, 11) is 0. The molecule has 0 spiro atoms. The molecule has 0 aromatic carbocycles. The van der Waals surface area contributed by atoms with Crippen molar-refractivity contribution in [1.29, 1.82) is 0 Å². The largest absolute Gasteiger partial charge is 0.313 e. The van der Waals surface area contributed by atoms with Crippen molar-refractivity contribution in [3.63, 3.8) is 0 Å². The Bertz CT molecular complexity index is 117. The third-order valence-electron chi connectivity index (χ3n) is 1.44. The molecule has 0 amide bonds. The third-order valence-corrected chi connectivity index (χ3v) is 2.14. The summed E-state index contributed by atoms with van der Waals surface area (Å²) < 4.78 is 0. The predicted octanol–water partition coefficient (Wildman–Crippen LogP) is 1.74. The van der Waals surface area contributed by atoms with Crippen LogP contribution in [-0.4, -0.2) is 24.6 Å². The topological polar surface area (TPSA) is 12.0 Å². The zero-order chi connectivity index (χ0) is 8.53. The lowest BCUT2D eigenvalue weighted by molar-refractivity contribution is 0.558. The van der Waals surface area contributed by atoms with Crippen LogP contribution in [0.15, 0.2) is 0 Å². The quantitative estimate of drug-likeness (QED) is 0.482. The van der Waals surface area contributed by atoms with Crippen molar-refractivity contribution < 1.29 is 0 Å². The molecule has 2 heteroatoms. The molecule has 0 rings (SSSR count). The molecule has 0 aromatic rings. The number of hydrogen-bond donors (Lipinski definition) is 1. The van der Waals surface area contributed by atoms with Gasteiger partial charge in [0.1, 0.15) is 0 Å². The Balaban J connectivity index is 3.05. The van der Waals surface area contributed by atoms with Crippen LogP contribution in [0.5, 0.6) is 0 Å². The average molecular weight is 171 g/mol. The van der Waals surface area contributed by atoms with Gasteiger partial charge in [0.2, 0.25) is 0 Å². The predicted molar refractivity (Wildman–Crippen MR) is 53.9 cm³/mol. The Kier molecular flexibility index (Phi) is 7.88. The average Bonchev–Trinajstić information content (AvgIpc) is 1.99. The van der Waals surface area contributed by atoms with Gasteiger partial charge in [-0.3, -0.25) is 0 Å². The Labute approximate surface area is 74.3 Å². The molecule has 0 aromatic heterocycles. The molecule has 1 nitrogen and oxygen atoms in total. The van der Waals surface area contributed by atoms with Crippen LogP contribution in [-0.2, 0) is 0 Å². The first-order chi connectivity index (χ1) is 5.31. The van der Waals surface area contributed by atoms with Crippen LogP contribution < -0.4 is 5.32 Å². The van der Waals surface area contributed by atoms with E-state index in [0.29, 0.717) is 6.04 Å². The van der Waals surface area contributed by atoms with Gasteiger partial charge in [-0.2, -0.15) is 11.8 Å². The van der Waals surface area contributed by atoms with Crippen LogP contribution in [0.3, 0.4) is 0 Å². The highest BCUT2D eigenvalue weighted by Gasteiger charge is 1.96. The van der Waals surface area contributed by atoms with E-state index in [9.17, 15) is 0 Å². The summed E-state index contributed by atoms with van der Waals surface area (Å²) in [4.78, 5) is 0. The molecular formula is C9H17NS. The van der Waals surface area contributed by atoms with Crippen LogP contribution in [0, 0.1) is 12.3 Å². The number of hydrogen-bond acceptors (Lipinski definition) is 2. The summed E-state index contributed by atoms with van der Waals surface area (Å²) in [6.07, 6.45) is 9.36. The maximum atomic E-state index is 5.17. The van der Waals surface area contributed by atoms with Gasteiger partial charge in [-0.1, -0.05) is 0 Å². The second kappa shape index (κ2) is 7.97. The fourth-order valence-corrected chi connectivity index (χ4v) is 1.25. The van der Waals surface area contributed by atoms with E-state index in [2.05, 4.69) is 24.4 Å². The molecule has 0 saturated heterocycles. The monoisotopic (exact) mass is 171 g/mol. The molecule has 1 atom stereocenters. The summed E-state index contributed by atoms with van der Waals surface area (Å²) >= 11 is 1.89. The molecule has 0 heterocycles. The lowest BCUT2D eigenvalue weighted by Crippen LogP contribution is -2.26.